The number of aryl methyl sites for hydroxylation is 1. The molecule has 1 aromatic heterocycles. The van der Waals surface area contributed by atoms with Crippen molar-refractivity contribution in [1.29, 1.82) is 0 Å². The van der Waals surface area contributed by atoms with E-state index in [4.69, 9.17) is 4.74 Å². The topological polar surface area (TPSA) is 47.4 Å². The van der Waals surface area contributed by atoms with Crippen molar-refractivity contribution in [3.8, 4) is 5.75 Å². The summed E-state index contributed by atoms with van der Waals surface area (Å²) in [4.78, 5) is 19.5. The van der Waals surface area contributed by atoms with Crippen molar-refractivity contribution in [2.45, 2.75) is 57.4 Å². The zero-order chi connectivity index (χ0) is 19.3. The Morgan fingerprint density at radius 1 is 1.25 bits per heavy atom. The molecule has 28 heavy (non-hydrogen) atoms. The highest BCUT2D eigenvalue weighted by atomic mass is 16.5. The van der Waals surface area contributed by atoms with Crippen LogP contribution in [0, 0.1) is 5.92 Å². The largest absolute Gasteiger partial charge is 0.497 e. The van der Waals surface area contributed by atoms with E-state index in [0.717, 1.165) is 56.1 Å². The molecule has 5 nitrogen and oxygen atoms in total. The Morgan fingerprint density at radius 3 is 2.93 bits per heavy atom. The Kier molecular flexibility index (Phi) is 5.98. The van der Waals surface area contributed by atoms with Crippen LogP contribution in [0.25, 0.3) is 0 Å². The lowest BCUT2D eigenvalue weighted by molar-refractivity contribution is -0.132. The van der Waals surface area contributed by atoms with Crippen LogP contribution in [-0.2, 0) is 17.8 Å². The van der Waals surface area contributed by atoms with Crippen LogP contribution in [0.15, 0.2) is 36.7 Å². The van der Waals surface area contributed by atoms with E-state index < -0.39 is 0 Å². The molecule has 1 atom stereocenters. The Labute approximate surface area is 167 Å². The minimum absolute atomic E-state index is 0.254. The number of aromatic nitrogens is 2. The Hall–Kier alpha value is -2.30. The van der Waals surface area contributed by atoms with Crippen LogP contribution in [0.1, 0.15) is 55.8 Å². The number of benzene rings is 1. The summed E-state index contributed by atoms with van der Waals surface area (Å²) in [6.45, 7) is 2.77. The molecule has 1 aliphatic carbocycles. The lowest BCUT2D eigenvalue weighted by Gasteiger charge is -2.34. The van der Waals surface area contributed by atoms with Crippen molar-refractivity contribution in [3.05, 3.63) is 48.0 Å². The quantitative estimate of drug-likeness (QED) is 0.727. The zero-order valence-corrected chi connectivity index (χ0v) is 16.8. The van der Waals surface area contributed by atoms with E-state index in [1.165, 1.54) is 25.1 Å². The van der Waals surface area contributed by atoms with Crippen LogP contribution < -0.4 is 4.74 Å². The first kappa shape index (κ1) is 19.0. The molecule has 1 aliphatic heterocycles. The summed E-state index contributed by atoms with van der Waals surface area (Å²) < 4.78 is 7.63. The second kappa shape index (κ2) is 8.80. The van der Waals surface area contributed by atoms with Crippen molar-refractivity contribution >= 4 is 5.91 Å². The molecule has 1 saturated heterocycles. The molecule has 0 unspecified atom stereocenters. The molecule has 0 spiro atoms. The van der Waals surface area contributed by atoms with E-state index in [1.807, 2.05) is 24.4 Å². The van der Waals surface area contributed by atoms with Gasteiger partial charge in [-0.3, -0.25) is 4.79 Å². The van der Waals surface area contributed by atoms with Crippen LogP contribution in [0.4, 0.5) is 0 Å². The third-order valence-corrected chi connectivity index (χ3v) is 6.33. The molecule has 0 N–H and O–H groups in total. The normalized spacial score (nSPS) is 20.0. The number of carbonyl (C=O) groups is 1. The van der Waals surface area contributed by atoms with Crippen LogP contribution in [0.3, 0.4) is 0 Å². The first-order chi connectivity index (χ1) is 13.7. The van der Waals surface area contributed by atoms with Gasteiger partial charge in [0.15, 0.2) is 0 Å². The Bertz CT molecular complexity index is 797. The maximum Gasteiger partial charge on any atom is 0.222 e. The molecule has 2 aromatic rings. The predicted molar refractivity (Wildman–Crippen MR) is 109 cm³/mol. The molecule has 4 rings (SSSR count). The van der Waals surface area contributed by atoms with E-state index in [-0.39, 0.29) is 5.91 Å². The predicted octanol–water partition coefficient (Wildman–Crippen LogP) is 4.03. The van der Waals surface area contributed by atoms with Gasteiger partial charge in [-0.05, 0) is 55.7 Å². The van der Waals surface area contributed by atoms with Gasteiger partial charge in [0, 0.05) is 44.4 Å². The number of hydrogen-bond acceptors (Lipinski definition) is 3. The first-order valence-corrected chi connectivity index (χ1v) is 10.6. The molecule has 0 bridgehead atoms. The van der Waals surface area contributed by atoms with E-state index in [1.54, 1.807) is 7.11 Å². The summed E-state index contributed by atoms with van der Waals surface area (Å²) in [5, 5.41) is 0. The maximum atomic E-state index is 12.8. The Balaban J connectivity index is 1.34. The van der Waals surface area contributed by atoms with E-state index >= 15 is 0 Å². The molecule has 5 heteroatoms. The number of nitrogens with zero attached hydrogens (tertiary/aromatic N) is 3. The highest BCUT2D eigenvalue weighted by Crippen LogP contribution is 2.31. The molecule has 2 heterocycles. The van der Waals surface area contributed by atoms with Crippen molar-refractivity contribution in [3.63, 3.8) is 0 Å². The summed E-state index contributed by atoms with van der Waals surface area (Å²) in [7, 11) is 1.67. The maximum absolute atomic E-state index is 12.8. The average Bonchev–Trinajstić information content (AvgIpc) is 3.17. The van der Waals surface area contributed by atoms with Crippen LogP contribution in [0.5, 0.6) is 5.75 Å². The fourth-order valence-corrected chi connectivity index (χ4v) is 4.44. The van der Waals surface area contributed by atoms with Gasteiger partial charge in [-0.25, -0.2) is 4.98 Å². The lowest BCUT2D eigenvalue weighted by atomic mass is 9.85. The second-order valence-electron chi connectivity index (χ2n) is 8.27. The smallest absolute Gasteiger partial charge is 0.222 e. The van der Waals surface area contributed by atoms with Gasteiger partial charge in [0.25, 0.3) is 0 Å². The van der Waals surface area contributed by atoms with Crippen molar-refractivity contribution in [2.75, 3.05) is 20.2 Å². The molecule has 1 amide bonds. The molecule has 2 aliphatic rings. The van der Waals surface area contributed by atoms with Gasteiger partial charge in [0.2, 0.25) is 5.91 Å². The number of likely N-dealkylation sites (tertiary alicyclic amines) is 1. The average molecular weight is 382 g/mol. The van der Waals surface area contributed by atoms with Gasteiger partial charge in [-0.15, -0.1) is 0 Å². The minimum Gasteiger partial charge on any atom is -0.497 e. The van der Waals surface area contributed by atoms with Gasteiger partial charge in [-0.1, -0.05) is 18.6 Å². The van der Waals surface area contributed by atoms with Gasteiger partial charge >= 0.3 is 0 Å². The van der Waals surface area contributed by atoms with Crippen molar-refractivity contribution < 1.29 is 9.53 Å². The number of imidazole rings is 1. The summed E-state index contributed by atoms with van der Waals surface area (Å²) in [5.74, 6) is 3.46. The van der Waals surface area contributed by atoms with Gasteiger partial charge < -0.3 is 14.2 Å². The van der Waals surface area contributed by atoms with E-state index in [0.29, 0.717) is 12.3 Å². The number of ether oxygens (including phenoxy) is 1. The Morgan fingerprint density at radius 2 is 2.14 bits per heavy atom. The van der Waals surface area contributed by atoms with Crippen molar-refractivity contribution in [2.24, 2.45) is 5.92 Å². The molecule has 0 radical (unpaired) electrons. The van der Waals surface area contributed by atoms with E-state index in [2.05, 4.69) is 26.7 Å². The fourth-order valence-electron chi connectivity index (χ4n) is 4.44. The SMILES string of the molecule is COc1cccc(CCC(=O)N2CCC[C@@H](c3nccn3CC3CCC3)C2)c1. The van der Waals surface area contributed by atoms with E-state index in [9.17, 15) is 4.79 Å². The third-order valence-electron chi connectivity index (χ3n) is 6.33. The number of amides is 1. The third kappa shape index (κ3) is 4.40. The van der Waals surface area contributed by atoms with Crippen LogP contribution in [0.2, 0.25) is 0 Å². The number of carbonyl (C=O) groups excluding carboxylic acids is 1. The zero-order valence-electron chi connectivity index (χ0n) is 16.8. The standard InChI is InChI=1S/C23H31N3O2/c1-28-21-9-3-5-18(15-21)10-11-22(27)25-13-4-8-20(17-25)23-24-12-14-26(23)16-19-6-2-7-19/h3,5,9,12,14-15,19-20H,2,4,6-8,10-11,13,16-17H2,1H3/t20-/m1/s1. The van der Waals surface area contributed by atoms with Gasteiger partial charge in [-0.2, -0.15) is 0 Å². The molecular formula is C23H31N3O2. The summed E-state index contributed by atoms with van der Waals surface area (Å²) in [6.07, 6.45) is 11.6. The molecule has 150 valence electrons. The molecule has 1 aromatic carbocycles. The molecule has 1 saturated carbocycles. The molecule has 2 fully saturated rings. The summed E-state index contributed by atoms with van der Waals surface area (Å²) in [5.41, 5.74) is 1.15. The molecular weight excluding hydrogens is 350 g/mol. The highest BCUT2D eigenvalue weighted by molar-refractivity contribution is 5.76. The van der Waals surface area contributed by atoms with Gasteiger partial charge in [0.1, 0.15) is 11.6 Å². The number of rotatable bonds is 7. The lowest BCUT2D eigenvalue weighted by Crippen LogP contribution is -2.40. The fraction of sp³-hybridized carbons (Fsp3) is 0.565. The van der Waals surface area contributed by atoms with Gasteiger partial charge in [0.05, 0.1) is 7.11 Å². The van der Waals surface area contributed by atoms with Crippen LogP contribution in [-0.4, -0.2) is 40.6 Å². The monoisotopic (exact) mass is 381 g/mol. The highest BCUT2D eigenvalue weighted by Gasteiger charge is 2.28. The minimum atomic E-state index is 0.254. The second-order valence-corrected chi connectivity index (χ2v) is 8.27. The first-order valence-electron chi connectivity index (χ1n) is 10.6. The summed E-state index contributed by atoms with van der Waals surface area (Å²) >= 11 is 0. The number of methoxy groups -OCH3 is 1. The van der Waals surface area contributed by atoms with Crippen molar-refractivity contribution in [1.82, 2.24) is 14.5 Å². The number of hydrogen-bond donors (Lipinski definition) is 0. The number of piperidine rings is 1. The van der Waals surface area contributed by atoms with Crippen LogP contribution >= 0.6 is 0 Å². The summed E-state index contributed by atoms with van der Waals surface area (Å²) in [6, 6.07) is 8.00.